The molecule has 1 saturated heterocycles. The second-order valence-corrected chi connectivity index (χ2v) is 8.32. The van der Waals surface area contributed by atoms with Crippen molar-refractivity contribution >= 4 is 33.2 Å². The number of nitrogens with zero attached hydrogens (tertiary/aromatic N) is 1. The van der Waals surface area contributed by atoms with Gasteiger partial charge in [0.25, 0.3) is 15.9 Å². The van der Waals surface area contributed by atoms with Crippen LogP contribution in [0.15, 0.2) is 16.3 Å². The third-order valence-electron chi connectivity index (χ3n) is 3.24. The lowest BCUT2D eigenvalue weighted by molar-refractivity contribution is -0.147. The van der Waals surface area contributed by atoms with E-state index in [1.165, 1.54) is 10.4 Å². The number of amides is 1. The first-order chi connectivity index (χ1) is 10.4. The molecular formula is C13H18N2O5S2. The van der Waals surface area contributed by atoms with Crippen LogP contribution in [0, 0.1) is 0 Å². The molecule has 1 fully saturated rings. The minimum atomic E-state index is -3.48. The van der Waals surface area contributed by atoms with E-state index in [4.69, 9.17) is 5.73 Å². The second-order valence-electron chi connectivity index (χ2n) is 4.99. The minimum absolute atomic E-state index is 0.0759. The van der Waals surface area contributed by atoms with Crippen LogP contribution >= 0.6 is 11.3 Å². The van der Waals surface area contributed by atoms with E-state index in [9.17, 15) is 18.0 Å². The van der Waals surface area contributed by atoms with Gasteiger partial charge in [0.05, 0.1) is 6.42 Å². The first-order valence-corrected chi connectivity index (χ1v) is 9.18. The van der Waals surface area contributed by atoms with E-state index in [1.807, 2.05) is 0 Å². The van der Waals surface area contributed by atoms with Gasteiger partial charge in [0.15, 0.2) is 6.61 Å². The molecule has 0 radical (unpaired) electrons. The maximum absolute atomic E-state index is 12.5. The molecule has 2 heterocycles. The van der Waals surface area contributed by atoms with E-state index in [0.29, 0.717) is 18.0 Å². The van der Waals surface area contributed by atoms with Crippen molar-refractivity contribution in [2.45, 2.75) is 29.9 Å². The first-order valence-electron chi connectivity index (χ1n) is 6.92. The van der Waals surface area contributed by atoms with Crippen LogP contribution < -0.4 is 5.73 Å². The average molecular weight is 346 g/mol. The number of esters is 1. The van der Waals surface area contributed by atoms with Crippen LogP contribution in [0.3, 0.4) is 0 Å². The van der Waals surface area contributed by atoms with Crippen molar-refractivity contribution in [2.75, 3.05) is 19.7 Å². The molecule has 122 valence electrons. The van der Waals surface area contributed by atoms with Gasteiger partial charge in [0.2, 0.25) is 0 Å². The fourth-order valence-corrected chi connectivity index (χ4v) is 5.18. The molecule has 1 aromatic heterocycles. The highest BCUT2D eigenvalue weighted by Gasteiger charge is 2.27. The number of ether oxygens (including phenoxy) is 1. The zero-order valence-electron chi connectivity index (χ0n) is 12.0. The molecule has 0 aliphatic carbocycles. The largest absolute Gasteiger partial charge is 0.455 e. The maximum Gasteiger partial charge on any atom is 0.311 e. The molecule has 7 nitrogen and oxygen atoms in total. The normalized spacial score (nSPS) is 16.4. The Morgan fingerprint density at radius 1 is 1.23 bits per heavy atom. The molecule has 1 amide bonds. The summed E-state index contributed by atoms with van der Waals surface area (Å²) in [5.41, 5.74) is 4.88. The lowest BCUT2D eigenvalue weighted by Gasteiger charge is -2.25. The Balaban J connectivity index is 2.01. The SMILES string of the molecule is NC(=O)COC(=O)Cc1ccc(S(=O)(=O)N2CCCCC2)s1. The maximum atomic E-state index is 12.5. The summed E-state index contributed by atoms with van der Waals surface area (Å²) in [6.07, 6.45) is 2.72. The molecule has 9 heteroatoms. The number of nitrogens with two attached hydrogens (primary N) is 1. The molecule has 0 unspecified atom stereocenters. The molecule has 0 bridgehead atoms. The smallest absolute Gasteiger partial charge is 0.311 e. The van der Waals surface area contributed by atoms with Crippen molar-refractivity contribution in [3.63, 3.8) is 0 Å². The molecule has 1 aliphatic heterocycles. The number of carbonyl (C=O) groups is 2. The van der Waals surface area contributed by atoms with Crippen molar-refractivity contribution in [1.82, 2.24) is 4.31 Å². The van der Waals surface area contributed by atoms with Gasteiger partial charge in [0.1, 0.15) is 4.21 Å². The van der Waals surface area contributed by atoms with Gasteiger partial charge in [-0.1, -0.05) is 6.42 Å². The van der Waals surface area contributed by atoms with E-state index < -0.39 is 28.5 Å². The predicted octanol–water partition coefficient (Wildman–Crippen LogP) is 0.494. The monoisotopic (exact) mass is 346 g/mol. The van der Waals surface area contributed by atoms with Crippen LogP contribution in [0.4, 0.5) is 0 Å². The van der Waals surface area contributed by atoms with Gasteiger partial charge in [0, 0.05) is 18.0 Å². The molecule has 0 spiro atoms. The molecule has 1 aromatic rings. The van der Waals surface area contributed by atoms with Crippen molar-refractivity contribution in [3.05, 3.63) is 17.0 Å². The Bertz CT molecular complexity index is 647. The fourth-order valence-electron chi connectivity index (χ4n) is 2.17. The topological polar surface area (TPSA) is 107 Å². The number of rotatable bonds is 6. The average Bonchev–Trinajstić information content (AvgIpc) is 2.95. The van der Waals surface area contributed by atoms with Gasteiger partial charge in [-0.05, 0) is 25.0 Å². The zero-order valence-corrected chi connectivity index (χ0v) is 13.6. The van der Waals surface area contributed by atoms with Gasteiger partial charge in [-0.15, -0.1) is 11.3 Å². The molecule has 0 saturated carbocycles. The molecule has 2 N–H and O–H groups in total. The summed E-state index contributed by atoms with van der Waals surface area (Å²) < 4.78 is 31.3. The van der Waals surface area contributed by atoms with E-state index >= 15 is 0 Å². The molecule has 0 aromatic carbocycles. The Hall–Kier alpha value is -1.45. The summed E-state index contributed by atoms with van der Waals surface area (Å²) in [5, 5.41) is 0. The van der Waals surface area contributed by atoms with E-state index in [0.717, 1.165) is 30.6 Å². The minimum Gasteiger partial charge on any atom is -0.455 e. The van der Waals surface area contributed by atoms with Crippen LogP contribution in [0.5, 0.6) is 0 Å². The highest BCUT2D eigenvalue weighted by Crippen LogP contribution is 2.27. The number of hydrogen-bond donors (Lipinski definition) is 1. The second kappa shape index (κ2) is 7.21. The Kier molecular flexibility index (Phi) is 5.54. The summed E-state index contributed by atoms with van der Waals surface area (Å²) >= 11 is 1.05. The van der Waals surface area contributed by atoms with Gasteiger partial charge in [-0.3, -0.25) is 9.59 Å². The van der Waals surface area contributed by atoms with Gasteiger partial charge in [-0.2, -0.15) is 4.31 Å². The van der Waals surface area contributed by atoms with Crippen LogP contribution in [-0.2, 0) is 30.8 Å². The van der Waals surface area contributed by atoms with Crippen LogP contribution in [-0.4, -0.2) is 44.3 Å². The Morgan fingerprint density at radius 2 is 1.91 bits per heavy atom. The summed E-state index contributed by atoms with van der Waals surface area (Å²) in [4.78, 5) is 22.6. The summed E-state index contributed by atoms with van der Waals surface area (Å²) in [6, 6.07) is 3.10. The third kappa shape index (κ3) is 4.28. The highest BCUT2D eigenvalue weighted by molar-refractivity contribution is 7.91. The van der Waals surface area contributed by atoms with Crippen molar-refractivity contribution in [2.24, 2.45) is 5.73 Å². The fraction of sp³-hybridized carbons (Fsp3) is 0.538. The highest BCUT2D eigenvalue weighted by atomic mass is 32.2. The number of sulfonamides is 1. The van der Waals surface area contributed by atoms with Crippen molar-refractivity contribution < 1.29 is 22.7 Å². The van der Waals surface area contributed by atoms with E-state index in [1.54, 1.807) is 6.07 Å². The van der Waals surface area contributed by atoms with Crippen LogP contribution in [0.1, 0.15) is 24.1 Å². The first kappa shape index (κ1) is 16.9. The summed E-state index contributed by atoms with van der Waals surface area (Å²) in [5.74, 6) is -1.34. The molecule has 0 atom stereocenters. The van der Waals surface area contributed by atoms with E-state index in [-0.39, 0.29) is 10.6 Å². The van der Waals surface area contributed by atoms with Crippen molar-refractivity contribution in [1.29, 1.82) is 0 Å². The number of hydrogen-bond acceptors (Lipinski definition) is 6. The Morgan fingerprint density at radius 3 is 2.55 bits per heavy atom. The van der Waals surface area contributed by atoms with E-state index in [2.05, 4.69) is 4.74 Å². The van der Waals surface area contributed by atoms with Crippen LogP contribution in [0.25, 0.3) is 0 Å². The lowest BCUT2D eigenvalue weighted by atomic mass is 10.2. The molecule has 22 heavy (non-hydrogen) atoms. The number of primary amides is 1. The van der Waals surface area contributed by atoms with Crippen molar-refractivity contribution in [3.8, 4) is 0 Å². The Labute approximate surface area is 133 Å². The van der Waals surface area contributed by atoms with Crippen LogP contribution in [0.2, 0.25) is 0 Å². The van der Waals surface area contributed by atoms with Gasteiger partial charge < -0.3 is 10.5 Å². The summed E-state index contributed by atoms with van der Waals surface area (Å²) in [6.45, 7) is 0.607. The summed E-state index contributed by atoms with van der Waals surface area (Å²) in [7, 11) is -3.48. The lowest BCUT2D eigenvalue weighted by Crippen LogP contribution is -2.35. The van der Waals surface area contributed by atoms with Gasteiger partial charge >= 0.3 is 5.97 Å². The molecule has 2 rings (SSSR count). The van der Waals surface area contributed by atoms with Gasteiger partial charge in [-0.25, -0.2) is 8.42 Å². The molecular weight excluding hydrogens is 328 g/mol. The number of piperidine rings is 1. The number of thiophene rings is 1. The zero-order chi connectivity index (χ0) is 16.2. The standard InChI is InChI=1S/C13H18N2O5S2/c14-11(16)9-20-12(17)8-10-4-5-13(21-10)22(18,19)15-6-2-1-3-7-15/h4-5H,1-3,6-9H2,(H2,14,16). The predicted molar refractivity (Wildman–Crippen MR) is 80.8 cm³/mol. The molecule has 1 aliphatic rings. The third-order valence-corrected chi connectivity index (χ3v) is 6.69. The number of carbonyl (C=O) groups excluding carboxylic acids is 2. The quantitative estimate of drug-likeness (QED) is 0.755.